The second kappa shape index (κ2) is 13.3. The fourth-order valence-electron chi connectivity index (χ4n) is 4.41. The van der Waals surface area contributed by atoms with E-state index in [2.05, 4.69) is 27.6 Å². The van der Waals surface area contributed by atoms with Gasteiger partial charge in [-0.3, -0.25) is 0 Å². The van der Waals surface area contributed by atoms with Crippen molar-refractivity contribution >= 4 is 12.0 Å². The van der Waals surface area contributed by atoms with Crippen LogP contribution in [0.4, 0.5) is 0 Å². The Hall–Kier alpha value is -3.87. The third-order valence-corrected chi connectivity index (χ3v) is 6.49. The number of imidazole rings is 1. The molecule has 1 aromatic heterocycles. The first kappa shape index (κ1) is 26.7. The predicted molar refractivity (Wildman–Crippen MR) is 149 cm³/mol. The first-order chi connectivity index (χ1) is 19.2. The van der Waals surface area contributed by atoms with Crippen molar-refractivity contribution in [1.29, 1.82) is 0 Å². The van der Waals surface area contributed by atoms with Gasteiger partial charge in [0.2, 0.25) is 0 Å². The van der Waals surface area contributed by atoms with Gasteiger partial charge in [-0.1, -0.05) is 24.0 Å². The van der Waals surface area contributed by atoms with Crippen LogP contribution in [0, 0.1) is 11.8 Å². The van der Waals surface area contributed by atoms with Gasteiger partial charge in [0, 0.05) is 61.1 Å². The summed E-state index contributed by atoms with van der Waals surface area (Å²) in [5.41, 5.74) is 7.78. The Morgan fingerprint density at radius 2 is 1.92 bits per heavy atom. The molecule has 2 atom stereocenters. The topological polar surface area (TPSA) is 89.8 Å². The Balaban J connectivity index is 1.20. The number of hydrogen-bond acceptors (Lipinski definition) is 7. The summed E-state index contributed by atoms with van der Waals surface area (Å²) < 4.78 is 13.7. The van der Waals surface area contributed by atoms with Crippen LogP contribution in [0.25, 0.3) is 12.0 Å². The molecule has 3 aromatic rings. The molecule has 0 bridgehead atoms. The van der Waals surface area contributed by atoms with Crippen molar-refractivity contribution in [2.45, 2.75) is 45.1 Å². The van der Waals surface area contributed by atoms with E-state index in [0.717, 1.165) is 71.9 Å². The van der Waals surface area contributed by atoms with Crippen LogP contribution in [-0.2, 0) is 20.9 Å². The molecule has 8 nitrogen and oxygen atoms in total. The largest absolute Gasteiger partial charge is 0.395 e. The minimum atomic E-state index is -0.203. The summed E-state index contributed by atoms with van der Waals surface area (Å²) in [4.78, 5) is 10.2. The zero-order valence-corrected chi connectivity index (χ0v) is 22.1. The molecule has 1 saturated heterocycles. The van der Waals surface area contributed by atoms with Crippen LogP contribution in [0.1, 0.15) is 60.4 Å². The first-order valence-corrected chi connectivity index (χ1v) is 13.4. The summed E-state index contributed by atoms with van der Waals surface area (Å²) in [5, 5.41) is 12.0. The van der Waals surface area contributed by atoms with Crippen LogP contribution in [0.3, 0.4) is 0 Å². The van der Waals surface area contributed by atoms with E-state index in [4.69, 9.17) is 19.4 Å². The molecule has 39 heavy (non-hydrogen) atoms. The zero-order chi connectivity index (χ0) is 26.9. The van der Waals surface area contributed by atoms with Gasteiger partial charge in [-0.25, -0.2) is 10.5 Å². The van der Waals surface area contributed by atoms with E-state index in [-0.39, 0.29) is 19.0 Å². The molecular formula is C31H34N4O4. The zero-order valence-electron chi connectivity index (χ0n) is 22.1. The van der Waals surface area contributed by atoms with Gasteiger partial charge in [-0.2, -0.15) is 0 Å². The quantitative estimate of drug-likeness (QED) is 0.282. The molecule has 2 aliphatic heterocycles. The molecule has 0 amide bonds. The highest BCUT2D eigenvalue weighted by atomic mass is 16.7. The Morgan fingerprint density at radius 3 is 2.64 bits per heavy atom. The number of nitrogens with one attached hydrogen (secondary N) is 2. The molecule has 3 N–H and O–H groups in total. The van der Waals surface area contributed by atoms with Gasteiger partial charge in [0.1, 0.15) is 11.9 Å². The van der Waals surface area contributed by atoms with E-state index < -0.39 is 0 Å². The number of hydroxylamine groups is 1. The predicted octanol–water partition coefficient (Wildman–Crippen LogP) is 4.34. The minimum Gasteiger partial charge on any atom is -0.395 e. The summed E-state index contributed by atoms with van der Waals surface area (Å²) in [5.74, 6) is 7.96. The highest BCUT2D eigenvalue weighted by Gasteiger charge is 2.21. The Labute approximate surface area is 229 Å². The molecular weight excluding hydrogens is 492 g/mol. The highest BCUT2D eigenvalue weighted by molar-refractivity contribution is 5.67. The molecule has 202 valence electrons. The summed E-state index contributed by atoms with van der Waals surface area (Å²) >= 11 is 0. The van der Waals surface area contributed by atoms with Crippen LogP contribution in [0.5, 0.6) is 0 Å². The molecule has 0 aliphatic carbocycles. The third kappa shape index (κ3) is 7.37. The van der Waals surface area contributed by atoms with Crippen LogP contribution in [0.15, 0.2) is 72.7 Å². The third-order valence-electron chi connectivity index (χ3n) is 6.49. The molecule has 1 unspecified atom stereocenters. The van der Waals surface area contributed by atoms with E-state index in [0.29, 0.717) is 6.54 Å². The normalized spacial score (nSPS) is 18.6. The van der Waals surface area contributed by atoms with Crippen molar-refractivity contribution in [3.63, 3.8) is 0 Å². The van der Waals surface area contributed by atoms with Gasteiger partial charge in [0.25, 0.3) is 0 Å². The van der Waals surface area contributed by atoms with Crippen molar-refractivity contribution in [1.82, 2.24) is 20.3 Å². The van der Waals surface area contributed by atoms with Crippen LogP contribution >= 0.6 is 0 Å². The number of aromatic nitrogens is 2. The summed E-state index contributed by atoms with van der Waals surface area (Å²) in [7, 11) is 0. The second-order valence-corrected chi connectivity index (χ2v) is 9.49. The molecule has 3 heterocycles. The van der Waals surface area contributed by atoms with E-state index >= 15 is 0 Å². The van der Waals surface area contributed by atoms with Gasteiger partial charge in [0.15, 0.2) is 12.0 Å². The standard InChI is InChI=1S/C31H34N4O4/c1-23(38-30-4-2-3-19-37-30)31-33-15-17-35(31)22-28-20-29(39-34-28)27-13-11-25(12-14-27)6-5-24-7-9-26(10-8-24)21-32-16-18-36/h7-15,17,20,22-23,30,32,34,36H,2-4,16,18-19,21H2,1H3/t23-,30?/m0/s1. The van der Waals surface area contributed by atoms with Gasteiger partial charge < -0.3 is 29.3 Å². The number of aliphatic hydroxyl groups is 1. The van der Waals surface area contributed by atoms with Crippen LogP contribution in [0.2, 0.25) is 0 Å². The van der Waals surface area contributed by atoms with Crippen LogP contribution < -0.4 is 10.8 Å². The lowest BCUT2D eigenvalue weighted by molar-refractivity contribution is -0.187. The first-order valence-electron chi connectivity index (χ1n) is 13.4. The van der Waals surface area contributed by atoms with Gasteiger partial charge in [-0.15, -0.1) is 0 Å². The number of aliphatic hydroxyl groups excluding tert-OH is 1. The lowest BCUT2D eigenvalue weighted by Crippen LogP contribution is -2.24. The van der Waals surface area contributed by atoms with Gasteiger partial charge >= 0.3 is 0 Å². The maximum absolute atomic E-state index is 8.87. The molecule has 2 aliphatic rings. The van der Waals surface area contributed by atoms with Gasteiger partial charge in [0.05, 0.1) is 12.3 Å². The van der Waals surface area contributed by atoms with Crippen LogP contribution in [-0.4, -0.2) is 40.7 Å². The number of allylic oxidation sites excluding steroid dienone is 1. The summed E-state index contributed by atoms with van der Waals surface area (Å²) in [6, 6.07) is 16.1. The Bertz CT molecular complexity index is 1340. The van der Waals surface area contributed by atoms with Crippen molar-refractivity contribution in [2.75, 3.05) is 19.8 Å². The number of nitrogens with zero attached hydrogens (tertiary/aromatic N) is 2. The van der Waals surface area contributed by atoms with Gasteiger partial charge in [-0.05, 0) is 68.1 Å². The lowest BCUT2D eigenvalue weighted by Gasteiger charge is -2.25. The molecule has 8 heteroatoms. The highest BCUT2D eigenvalue weighted by Crippen LogP contribution is 2.25. The molecule has 0 spiro atoms. The minimum absolute atomic E-state index is 0.137. The molecule has 5 rings (SSSR count). The fourth-order valence-corrected chi connectivity index (χ4v) is 4.41. The number of rotatable bonds is 9. The fraction of sp³-hybridized carbons (Fsp3) is 0.323. The van der Waals surface area contributed by atoms with E-state index in [9.17, 15) is 0 Å². The Morgan fingerprint density at radius 1 is 1.15 bits per heavy atom. The monoisotopic (exact) mass is 526 g/mol. The number of benzene rings is 2. The number of hydrogen-bond donors (Lipinski definition) is 3. The summed E-state index contributed by atoms with van der Waals surface area (Å²) in [6.45, 7) is 4.19. The second-order valence-electron chi connectivity index (χ2n) is 9.49. The molecule has 1 fully saturated rings. The Kier molecular flexibility index (Phi) is 9.09. The smallest absolute Gasteiger partial charge is 0.164 e. The van der Waals surface area contributed by atoms with Crippen molar-refractivity contribution in [2.24, 2.45) is 0 Å². The van der Waals surface area contributed by atoms with E-state index in [1.54, 1.807) is 6.20 Å². The van der Waals surface area contributed by atoms with Crippen molar-refractivity contribution < 1.29 is 19.4 Å². The maximum atomic E-state index is 8.87. The van der Waals surface area contributed by atoms with Crippen molar-refractivity contribution in [3.8, 4) is 11.8 Å². The number of ether oxygens (including phenoxy) is 2. The SMILES string of the molecule is C[C@H](OC1CCCCO1)c1nccn1C=C1C=C(c2ccc(C#Cc3ccc(CNCCO)cc3)cc2)ON1. The lowest BCUT2D eigenvalue weighted by atomic mass is 10.1. The molecule has 2 aromatic carbocycles. The maximum Gasteiger partial charge on any atom is 0.164 e. The summed E-state index contributed by atoms with van der Waals surface area (Å²) in [6.07, 6.45) is 10.3. The molecule has 0 radical (unpaired) electrons. The average Bonchev–Trinajstić information content (AvgIpc) is 3.64. The molecule has 0 saturated carbocycles. The van der Waals surface area contributed by atoms with E-state index in [1.165, 1.54) is 0 Å². The average molecular weight is 527 g/mol. The van der Waals surface area contributed by atoms with E-state index in [1.807, 2.05) is 78.5 Å². The van der Waals surface area contributed by atoms with Crippen molar-refractivity contribution in [3.05, 3.63) is 101 Å².